The Morgan fingerprint density at radius 2 is 2.15 bits per heavy atom. The highest BCUT2D eigenvalue weighted by atomic mass is 16.5. The van der Waals surface area contributed by atoms with Crippen LogP contribution in [0.4, 0.5) is 0 Å². The van der Waals surface area contributed by atoms with Crippen molar-refractivity contribution in [1.29, 1.82) is 0 Å². The first-order valence-corrected chi connectivity index (χ1v) is 9.53. The molecule has 0 radical (unpaired) electrons. The molecule has 0 aromatic heterocycles. The van der Waals surface area contributed by atoms with Crippen LogP contribution in [0.5, 0.6) is 11.5 Å². The number of rotatable bonds is 5. The molecule has 1 aliphatic carbocycles. The van der Waals surface area contributed by atoms with Crippen molar-refractivity contribution in [2.24, 2.45) is 5.92 Å². The average Bonchev–Trinajstić information content (AvgIpc) is 2.72. The summed E-state index contributed by atoms with van der Waals surface area (Å²) in [5, 5.41) is 20.7. The number of allylic oxidation sites excluding steroid dienone is 2. The maximum absolute atomic E-state index is 11.9. The predicted octanol–water partition coefficient (Wildman–Crippen LogP) is 5.21. The van der Waals surface area contributed by atoms with E-state index in [9.17, 15) is 15.0 Å². The van der Waals surface area contributed by atoms with Crippen molar-refractivity contribution in [2.45, 2.75) is 58.3 Å². The first-order valence-electron chi connectivity index (χ1n) is 9.53. The highest BCUT2D eigenvalue weighted by Gasteiger charge is 2.36. The van der Waals surface area contributed by atoms with E-state index in [4.69, 9.17) is 4.74 Å². The summed E-state index contributed by atoms with van der Waals surface area (Å²) in [6, 6.07) is 1.83. The number of unbranched alkanes of at least 4 members (excludes halogenated alkanes) is 2. The molecule has 1 aliphatic heterocycles. The number of aryl methyl sites for hydroxylation is 1. The average molecular weight is 356 g/mol. The lowest BCUT2D eigenvalue weighted by Crippen LogP contribution is -2.18. The summed E-state index contributed by atoms with van der Waals surface area (Å²) in [4.78, 5) is 11.9. The quantitative estimate of drug-likeness (QED) is 0.561. The van der Waals surface area contributed by atoms with E-state index in [0.29, 0.717) is 29.9 Å². The topological polar surface area (TPSA) is 66.8 Å². The van der Waals surface area contributed by atoms with E-state index in [2.05, 4.69) is 26.5 Å². The number of hydrogen-bond donors (Lipinski definition) is 2. The maximum atomic E-state index is 11.9. The van der Waals surface area contributed by atoms with Gasteiger partial charge in [-0.05, 0) is 55.7 Å². The van der Waals surface area contributed by atoms with Gasteiger partial charge in [-0.15, -0.1) is 0 Å². The smallest absolute Gasteiger partial charge is 0.339 e. The lowest BCUT2D eigenvalue weighted by Gasteiger charge is -2.30. The Labute approximate surface area is 155 Å². The summed E-state index contributed by atoms with van der Waals surface area (Å²) in [6.45, 7) is 8.80. The predicted molar refractivity (Wildman–Crippen MR) is 102 cm³/mol. The molecule has 4 nitrogen and oxygen atoms in total. The SMILES string of the molecule is C=C1COc2cc(CCCCC)c(C(=O)O)c(O)c2[C@@H]2C=C(C)CC[C@@H]12. The van der Waals surface area contributed by atoms with Gasteiger partial charge >= 0.3 is 5.97 Å². The van der Waals surface area contributed by atoms with Gasteiger partial charge in [-0.1, -0.05) is 38.0 Å². The Balaban J connectivity index is 2.14. The molecule has 4 heteroatoms. The van der Waals surface area contributed by atoms with Crippen molar-refractivity contribution >= 4 is 5.97 Å². The highest BCUT2D eigenvalue weighted by molar-refractivity contribution is 5.94. The number of fused-ring (bicyclic) bond motifs is 3. The summed E-state index contributed by atoms with van der Waals surface area (Å²) >= 11 is 0. The lowest BCUT2D eigenvalue weighted by molar-refractivity contribution is 0.0692. The molecule has 26 heavy (non-hydrogen) atoms. The zero-order valence-electron chi connectivity index (χ0n) is 15.7. The van der Waals surface area contributed by atoms with Crippen LogP contribution in [0.2, 0.25) is 0 Å². The van der Waals surface area contributed by atoms with Crippen molar-refractivity contribution in [2.75, 3.05) is 6.61 Å². The van der Waals surface area contributed by atoms with Gasteiger partial charge in [0.2, 0.25) is 0 Å². The number of carboxylic acid groups (broad SMARTS) is 1. The number of carboxylic acids is 1. The number of phenols is 1. The molecule has 2 atom stereocenters. The fraction of sp³-hybridized carbons (Fsp3) is 0.500. The summed E-state index contributed by atoms with van der Waals surface area (Å²) < 4.78 is 5.97. The van der Waals surface area contributed by atoms with Crippen LogP contribution in [-0.2, 0) is 6.42 Å². The Hall–Kier alpha value is -2.23. The van der Waals surface area contributed by atoms with E-state index in [1.807, 2.05) is 6.07 Å². The number of benzene rings is 1. The molecule has 0 unspecified atom stereocenters. The molecule has 1 aromatic carbocycles. The van der Waals surface area contributed by atoms with Crippen molar-refractivity contribution in [1.82, 2.24) is 0 Å². The third kappa shape index (κ3) is 3.37. The van der Waals surface area contributed by atoms with Crippen molar-refractivity contribution in [3.63, 3.8) is 0 Å². The molecule has 0 bridgehead atoms. The zero-order valence-corrected chi connectivity index (χ0v) is 15.7. The first kappa shape index (κ1) is 18.6. The highest BCUT2D eigenvalue weighted by Crippen LogP contribution is 2.50. The molecule has 2 aliphatic rings. The van der Waals surface area contributed by atoms with Crippen molar-refractivity contribution in [3.8, 4) is 11.5 Å². The normalized spacial score (nSPS) is 21.9. The third-order valence-electron chi connectivity index (χ3n) is 5.67. The summed E-state index contributed by atoms with van der Waals surface area (Å²) in [7, 11) is 0. The van der Waals surface area contributed by atoms with Crippen LogP contribution in [0.3, 0.4) is 0 Å². The second-order valence-corrected chi connectivity index (χ2v) is 7.56. The minimum absolute atomic E-state index is 0.0336. The minimum atomic E-state index is -1.08. The van der Waals surface area contributed by atoms with Crippen LogP contribution in [0.1, 0.15) is 73.4 Å². The van der Waals surface area contributed by atoms with Crippen LogP contribution >= 0.6 is 0 Å². The molecule has 2 N–H and O–H groups in total. The van der Waals surface area contributed by atoms with Crippen molar-refractivity contribution in [3.05, 3.63) is 46.6 Å². The van der Waals surface area contributed by atoms with Crippen LogP contribution in [-0.4, -0.2) is 22.8 Å². The standard InChI is InChI=1S/C22H28O4/c1-4-5-6-7-15-11-18-20(21(23)19(15)22(24)25)17-10-13(2)8-9-16(17)14(3)12-26-18/h10-11,16-17,23H,3-9,12H2,1-2H3,(H,24,25)/t16-,17+/m0/s1. The van der Waals surface area contributed by atoms with Gasteiger partial charge in [-0.2, -0.15) is 0 Å². The van der Waals surface area contributed by atoms with E-state index in [0.717, 1.165) is 37.7 Å². The van der Waals surface area contributed by atoms with Gasteiger partial charge in [0.05, 0.1) is 0 Å². The third-order valence-corrected chi connectivity index (χ3v) is 5.67. The number of hydrogen-bond acceptors (Lipinski definition) is 3. The molecule has 0 saturated carbocycles. The Morgan fingerprint density at radius 1 is 1.38 bits per heavy atom. The largest absolute Gasteiger partial charge is 0.507 e. The number of aromatic hydroxyl groups is 1. The maximum Gasteiger partial charge on any atom is 0.339 e. The Morgan fingerprint density at radius 3 is 2.85 bits per heavy atom. The van der Waals surface area contributed by atoms with Crippen LogP contribution in [0, 0.1) is 5.92 Å². The second kappa shape index (κ2) is 7.56. The van der Waals surface area contributed by atoms with Gasteiger partial charge in [0.25, 0.3) is 0 Å². The number of carbonyl (C=O) groups is 1. The van der Waals surface area contributed by atoms with E-state index in [1.54, 1.807) is 0 Å². The molecule has 140 valence electrons. The fourth-order valence-electron chi connectivity index (χ4n) is 4.24. The van der Waals surface area contributed by atoms with Gasteiger partial charge in [0.1, 0.15) is 23.7 Å². The van der Waals surface area contributed by atoms with Gasteiger partial charge in [0, 0.05) is 11.5 Å². The van der Waals surface area contributed by atoms with Crippen LogP contribution in [0.15, 0.2) is 29.9 Å². The molecular formula is C22H28O4. The molecule has 1 heterocycles. The fourth-order valence-corrected chi connectivity index (χ4v) is 4.24. The first-order chi connectivity index (χ1) is 12.4. The zero-order chi connectivity index (χ0) is 18.8. The Bertz CT molecular complexity index is 760. The molecule has 3 rings (SSSR count). The summed E-state index contributed by atoms with van der Waals surface area (Å²) in [5.41, 5.74) is 3.58. The molecular weight excluding hydrogens is 328 g/mol. The molecule has 1 aromatic rings. The van der Waals surface area contributed by atoms with Gasteiger partial charge in [-0.25, -0.2) is 4.79 Å². The second-order valence-electron chi connectivity index (χ2n) is 7.56. The van der Waals surface area contributed by atoms with Gasteiger partial charge in [0.15, 0.2) is 0 Å². The number of ether oxygens (including phenoxy) is 1. The molecule has 0 fully saturated rings. The van der Waals surface area contributed by atoms with E-state index < -0.39 is 5.97 Å². The van der Waals surface area contributed by atoms with E-state index in [1.165, 1.54) is 5.57 Å². The Kier molecular flexibility index (Phi) is 5.40. The van der Waals surface area contributed by atoms with E-state index in [-0.39, 0.29) is 23.1 Å². The molecule has 0 spiro atoms. The summed E-state index contributed by atoms with van der Waals surface area (Å²) in [6.07, 6.45) is 7.71. The van der Waals surface area contributed by atoms with Gasteiger partial charge < -0.3 is 14.9 Å². The minimum Gasteiger partial charge on any atom is -0.507 e. The monoisotopic (exact) mass is 356 g/mol. The molecule has 0 amide bonds. The van der Waals surface area contributed by atoms with E-state index >= 15 is 0 Å². The molecule has 0 saturated heterocycles. The number of aromatic carboxylic acids is 1. The lowest BCUT2D eigenvalue weighted by atomic mass is 9.73. The summed E-state index contributed by atoms with van der Waals surface area (Å²) in [5.74, 6) is -0.487. The van der Waals surface area contributed by atoms with Crippen LogP contribution in [0.25, 0.3) is 0 Å². The van der Waals surface area contributed by atoms with Crippen molar-refractivity contribution < 1.29 is 19.7 Å². The van der Waals surface area contributed by atoms with Crippen LogP contribution < -0.4 is 4.74 Å². The van der Waals surface area contributed by atoms with Gasteiger partial charge in [-0.3, -0.25) is 0 Å².